The van der Waals surface area contributed by atoms with Crippen LogP contribution in [0, 0.1) is 0 Å². The Morgan fingerprint density at radius 3 is 2.58 bits per heavy atom. The summed E-state index contributed by atoms with van der Waals surface area (Å²) >= 11 is 1.65. The summed E-state index contributed by atoms with van der Waals surface area (Å²) in [7, 11) is 0. The third-order valence-corrected chi connectivity index (χ3v) is 7.06. The van der Waals surface area contributed by atoms with E-state index in [2.05, 4.69) is 52.3 Å². The lowest BCUT2D eigenvalue weighted by Gasteiger charge is -2.34. The number of hydrazone groups is 1. The maximum absolute atomic E-state index is 13.3. The maximum atomic E-state index is 13.3. The van der Waals surface area contributed by atoms with Crippen LogP contribution >= 0.6 is 11.3 Å². The van der Waals surface area contributed by atoms with Gasteiger partial charge < -0.3 is 4.42 Å². The summed E-state index contributed by atoms with van der Waals surface area (Å²) in [4.78, 5) is 19.0. The van der Waals surface area contributed by atoms with Crippen molar-refractivity contribution in [1.29, 1.82) is 0 Å². The van der Waals surface area contributed by atoms with Crippen molar-refractivity contribution in [2.75, 3.05) is 39.3 Å². The minimum atomic E-state index is -0.172. The molecule has 0 aliphatic carbocycles. The van der Waals surface area contributed by atoms with Crippen molar-refractivity contribution in [3.05, 3.63) is 88.5 Å². The quantitative estimate of drug-likeness (QED) is 0.526. The van der Waals surface area contributed by atoms with Crippen molar-refractivity contribution >= 4 is 29.0 Å². The molecule has 1 saturated heterocycles. The minimum Gasteiger partial charge on any atom is -0.467 e. The third-order valence-electron chi connectivity index (χ3n) is 6.14. The lowest BCUT2D eigenvalue weighted by Crippen LogP contribution is -2.49. The number of carbonyl (C=O) groups excluding carboxylic acids is 1. The second kappa shape index (κ2) is 10.3. The molecule has 1 aromatic carbocycles. The smallest absolute Gasteiger partial charge is 0.257 e. The summed E-state index contributed by atoms with van der Waals surface area (Å²) in [5, 5.41) is 8.40. The molecular weight excluding hydrogens is 432 g/mol. The van der Waals surface area contributed by atoms with E-state index in [1.54, 1.807) is 22.6 Å². The first-order chi connectivity index (χ1) is 16.3. The predicted octanol–water partition coefficient (Wildman–Crippen LogP) is 4.35. The molecule has 0 spiro atoms. The summed E-state index contributed by atoms with van der Waals surface area (Å²) in [6.45, 7) is 4.98. The zero-order valence-corrected chi connectivity index (χ0v) is 19.4. The van der Waals surface area contributed by atoms with Gasteiger partial charge in [0.2, 0.25) is 0 Å². The zero-order chi connectivity index (χ0) is 22.5. The average Bonchev–Trinajstić information content (AvgIpc) is 3.62. The first-order valence-corrected chi connectivity index (χ1v) is 12.3. The fourth-order valence-corrected chi connectivity index (χ4v) is 5.05. The molecule has 0 bridgehead atoms. The van der Waals surface area contributed by atoms with Crippen LogP contribution in [-0.4, -0.2) is 65.7 Å². The van der Waals surface area contributed by atoms with Gasteiger partial charge in [-0.15, -0.1) is 11.3 Å². The average molecular weight is 461 g/mol. The van der Waals surface area contributed by atoms with Crippen molar-refractivity contribution < 1.29 is 9.21 Å². The molecule has 0 radical (unpaired) electrons. The molecule has 2 aliphatic heterocycles. The van der Waals surface area contributed by atoms with Gasteiger partial charge in [-0.2, -0.15) is 5.10 Å². The Balaban J connectivity index is 1.16. The highest BCUT2D eigenvalue weighted by Crippen LogP contribution is 2.34. The van der Waals surface area contributed by atoms with Crippen LogP contribution in [-0.2, 0) is 4.79 Å². The van der Waals surface area contributed by atoms with Crippen LogP contribution in [0.3, 0.4) is 0 Å². The van der Waals surface area contributed by atoms with Crippen molar-refractivity contribution in [2.45, 2.75) is 12.5 Å². The topological polar surface area (TPSA) is 52.3 Å². The Labute approximate surface area is 198 Å². The Kier molecular flexibility index (Phi) is 6.81. The van der Waals surface area contributed by atoms with Gasteiger partial charge in [0.25, 0.3) is 5.91 Å². The fraction of sp³-hybridized carbons (Fsp3) is 0.308. The van der Waals surface area contributed by atoms with E-state index < -0.39 is 0 Å². The van der Waals surface area contributed by atoms with Crippen LogP contribution in [0.15, 0.2) is 81.8 Å². The lowest BCUT2D eigenvalue weighted by molar-refractivity contribution is -0.135. The van der Waals surface area contributed by atoms with E-state index in [9.17, 15) is 4.79 Å². The van der Waals surface area contributed by atoms with Gasteiger partial charge in [0.1, 0.15) is 11.8 Å². The van der Waals surface area contributed by atoms with E-state index in [-0.39, 0.29) is 11.9 Å². The molecule has 1 unspecified atom stereocenters. The second-order valence-electron chi connectivity index (χ2n) is 8.39. The monoisotopic (exact) mass is 460 g/mol. The van der Waals surface area contributed by atoms with Gasteiger partial charge in [0.15, 0.2) is 0 Å². The molecule has 1 fully saturated rings. The van der Waals surface area contributed by atoms with Crippen LogP contribution in [0.4, 0.5) is 0 Å². The third kappa shape index (κ3) is 5.33. The van der Waals surface area contributed by atoms with Crippen molar-refractivity contribution in [3.63, 3.8) is 0 Å². The Hall–Kier alpha value is -3.00. The van der Waals surface area contributed by atoms with Gasteiger partial charge in [-0.1, -0.05) is 48.6 Å². The number of piperazine rings is 1. The zero-order valence-electron chi connectivity index (χ0n) is 18.5. The summed E-state index contributed by atoms with van der Waals surface area (Å²) in [5.41, 5.74) is 2.18. The van der Waals surface area contributed by atoms with E-state index in [1.807, 2.05) is 29.6 Å². The molecule has 2 aliphatic rings. The molecular formula is C26H28N4O2S. The number of hydrogen-bond donors (Lipinski definition) is 0. The number of hydrogen-bond acceptors (Lipinski definition) is 6. The van der Waals surface area contributed by atoms with Gasteiger partial charge in [0, 0.05) is 39.1 Å². The molecule has 7 heteroatoms. The van der Waals surface area contributed by atoms with Gasteiger partial charge in [0.05, 0.1) is 23.4 Å². The summed E-state index contributed by atoms with van der Waals surface area (Å²) < 4.78 is 5.65. The van der Waals surface area contributed by atoms with Crippen LogP contribution in [0.2, 0.25) is 0 Å². The Morgan fingerprint density at radius 1 is 1.03 bits per heavy atom. The Bertz CT molecular complexity index is 1080. The molecule has 6 nitrogen and oxygen atoms in total. The van der Waals surface area contributed by atoms with Crippen LogP contribution in [0.5, 0.6) is 0 Å². The SMILES string of the molecule is O=C(CN1CCN(CC=Cc2ccccc2)CC1)N1N=C(c2cccs2)CC1c1ccco1. The summed E-state index contributed by atoms with van der Waals surface area (Å²) in [6.07, 6.45) is 6.73. The fourth-order valence-electron chi connectivity index (χ4n) is 4.33. The van der Waals surface area contributed by atoms with Gasteiger partial charge in [-0.25, -0.2) is 5.01 Å². The Morgan fingerprint density at radius 2 is 1.85 bits per heavy atom. The predicted molar refractivity (Wildman–Crippen MR) is 132 cm³/mol. The molecule has 0 saturated carbocycles. The summed E-state index contributed by atoms with van der Waals surface area (Å²) in [6, 6.07) is 18.1. The highest BCUT2D eigenvalue weighted by atomic mass is 32.1. The number of thiophene rings is 1. The number of nitrogens with zero attached hydrogens (tertiary/aromatic N) is 4. The molecule has 170 valence electrons. The lowest BCUT2D eigenvalue weighted by atomic mass is 10.1. The van der Waals surface area contributed by atoms with Crippen molar-refractivity contribution in [2.24, 2.45) is 5.10 Å². The minimum absolute atomic E-state index is 0.0281. The molecule has 1 amide bonds. The number of benzene rings is 1. The van der Waals surface area contributed by atoms with Gasteiger partial charge >= 0.3 is 0 Å². The molecule has 3 aromatic rings. The molecule has 4 heterocycles. The van der Waals surface area contributed by atoms with Crippen LogP contribution < -0.4 is 0 Å². The molecule has 1 atom stereocenters. The molecule has 5 rings (SSSR count). The standard InChI is InChI=1S/C26H28N4O2S/c31-26(20-29-15-13-28(14-16-29)12-4-9-21-7-2-1-3-8-21)30-23(24-10-5-17-32-24)19-22(27-30)25-11-6-18-33-25/h1-11,17-18,23H,12-16,19-20H2. The first-order valence-electron chi connectivity index (χ1n) is 11.4. The van der Waals surface area contributed by atoms with Gasteiger partial charge in [-0.3, -0.25) is 14.6 Å². The van der Waals surface area contributed by atoms with Crippen molar-refractivity contribution in [1.82, 2.24) is 14.8 Å². The van der Waals surface area contributed by atoms with Crippen LogP contribution in [0.1, 0.15) is 28.7 Å². The number of carbonyl (C=O) groups is 1. The van der Waals surface area contributed by atoms with Crippen LogP contribution in [0.25, 0.3) is 6.08 Å². The van der Waals surface area contributed by atoms with Crippen molar-refractivity contribution in [3.8, 4) is 0 Å². The number of amides is 1. The molecule has 2 aromatic heterocycles. The second-order valence-corrected chi connectivity index (χ2v) is 9.34. The summed E-state index contributed by atoms with van der Waals surface area (Å²) in [5.74, 6) is 0.814. The van der Waals surface area contributed by atoms with E-state index in [0.717, 1.165) is 49.1 Å². The van der Waals surface area contributed by atoms with E-state index in [1.165, 1.54) is 5.56 Å². The number of furan rings is 1. The molecule has 33 heavy (non-hydrogen) atoms. The van der Waals surface area contributed by atoms with E-state index >= 15 is 0 Å². The highest BCUT2D eigenvalue weighted by molar-refractivity contribution is 7.12. The largest absolute Gasteiger partial charge is 0.467 e. The normalized spacial score (nSPS) is 19.9. The van der Waals surface area contributed by atoms with Gasteiger partial charge in [-0.05, 0) is 29.1 Å². The highest BCUT2D eigenvalue weighted by Gasteiger charge is 2.35. The maximum Gasteiger partial charge on any atom is 0.257 e. The van der Waals surface area contributed by atoms with E-state index in [0.29, 0.717) is 13.0 Å². The number of rotatable bonds is 7. The van der Waals surface area contributed by atoms with E-state index in [4.69, 9.17) is 9.52 Å². The molecule has 0 N–H and O–H groups in total. The first kappa shape index (κ1) is 21.8.